The molecule has 19 heteroatoms. The first-order valence-electron chi connectivity index (χ1n) is 42.9. The highest BCUT2D eigenvalue weighted by molar-refractivity contribution is 6.13. The van der Waals surface area contributed by atoms with Crippen LogP contribution in [0, 0.1) is 17.9 Å². The lowest BCUT2D eigenvalue weighted by molar-refractivity contribution is 1.07. The molecule has 0 unspecified atom stereocenters. The van der Waals surface area contributed by atoms with E-state index in [1.54, 1.807) is 0 Å². The van der Waals surface area contributed by atoms with Crippen molar-refractivity contribution in [1.29, 1.82) is 5.26 Å². The van der Waals surface area contributed by atoms with Crippen LogP contribution in [0.4, 0.5) is 5.69 Å². The molecule has 19 nitrogen and oxygen atoms in total. The molecule has 0 aliphatic rings. The minimum Gasteiger partial charge on any atom is -0.311 e. The Morgan fingerprint density at radius 2 is 0.402 bits per heavy atom. The second kappa shape index (κ2) is 33.6. The van der Waals surface area contributed by atoms with Gasteiger partial charge in [0.05, 0.1) is 40.3 Å². The van der Waals surface area contributed by atoms with Crippen molar-refractivity contribution in [3.8, 4) is 199 Å². The summed E-state index contributed by atoms with van der Waals surface area (Å²) in [4.78, 5) is 82.4. The molecule has 7 aromatic heterocycles. The molecular formula is C113H67N19. The fraction of sp³-hybridized carbons (Fsp3) is 0. The molecule has 0 atom stereocenters. The van der Waals surface area contributed by atoms with Crippen LogP contribution in [0.5, 0.6) is 0 Å². The third-order valence-corrected chi connectivity index (χ3v) is 23.5. The van der Waals surface area contributed by atoms with Gasteiger partial charge in [0.15, 0.2) is 93.1 Å². The van der Waals surface area contributed by atoms with Crippen LogP contribution in [0.1, 0.15) is 5.56 Å². The first kappa shape index (κ1) is 77.9. The predicted molar refractivity (Wildman–Crippen MR) is 520 cm³/mol. The predicted octanol–water partition coefficient (Wildman–Crippen LogP) is 25.9. The minimum absolute atomic E-state index is 0.274. The van der Waals surface area contributed by atoms with Crippen LogP contribution < -0.4 is 0 Å². The standard InChI is InChI=1S/C113H67N19/c1-115-94-68-86(132-97-61-53-83(110-124-103(76-37-19-6-20-38-76)118-104(125-110)77-39-21-7-22-40-77)65-92(97)93-66-84(54-62-98(93)132)111-126-105(78-41-23-8-24-42-78)119-106(127-111)79-43-25-9-26-44-79)56-58-88(94)113-129-107(80-45-27-10-28-46-80)128-112(130-113)87-57-55-85(67-89(87)71-49-47-70(69-114)48-50-71)131-95-59-51-81(108-120-99(72-29-11-2-12-30-72)116-100(121-108)73-31-13-3-14-32-73)63-90(95)91-64-82(52-60-96(91)131)109-122-101(74-33-15-4-16-34-74)117-102(123-109)75-35-17-5-18-36-75/h2-68H. The highest BCUT2D eigenvalue weighted by Gasteiger charge is 2.27. The van der Waals surface area contributed by atoms with E-state index in [0.717, 1.165) is 133 Å². The van der Waals surface area contributed by atoms with Gasteiger partial charge in [-0.1, -0.05) is 291 Å². The van der Waals surface area contributed by atoms with Gasteiger partial charge in [-0.25, -0.2) is 79.6 Å². The molecule has 132 heavy (non-hydrogen) atoms. The fourth-order valence-electron chi connectivity index (χ4n) is 17.0. The Morgan fingerprint density at radius 3 is 0.652 bits per heavy atom. The number of hydrogen-bond acceptors (Lipinski definition) is 16. The lowest BCUT2D eigenvalue weighted by Gasteiger charge is -2.16. The molecular weight excluding hydrogens is 1620 g/mol. The molecule has 0 N–H and O–H groups in total. The van der Waals surface area contributed by atoms with E-state index in [9.17, 15) is 11.8 Å². The number of hydrogen-bond donors (Lipinski definition) is 0. The first-order valence-corrected chi connectivity index (χ1v) is 42.9. The van der Waals surface area contributed by atoms with Crippen molar-refractivity contribution in [3.63, 3.8) is 0 Å². The Balaban J connectivity index is 0.692. The van der Waals surface area contributed by atoms with Gasteiger partial charge in [0, 0.05) is 116 Å². The number of rotatable bonds is 18. The minimum atomic E-state index is 0.274. The third kappa shape index (κ3) is 14.9. The van der Waals surface area contributed by atoms with Gasteiger partial charge in [-0.3, -0.25) is 0 Å². The molecule has 0 amide bonds. The first-order chi connectivity index (χ1) is 65.3. The smallest absolute Gasteiger partial charge is 0.200 e. The van der Waals surface area contributed by atoms with E-state index in [4.69, 9.17) is 74.8 Å². The van der Waals surface area contributed by atoms with Crippen molar-refractivity contribution in [3.05, 3.63) is 423 Å². The summed E-state index contributed by atoms with van der Waals surface area (Å²) < 4.78 is 4.44. The topological polar surface area (TPSA) is 231 Å². The Kier molecular flexibility index (Phi) is 19.8. The normalized spacial score (nSPS) is 11.3. The van der Waals surface area contributed by atoms with Gasteiger partial charge < -0.3 is 9.13 Å². The molecule has 16 aromatic carbocycles. The van der Waals surface area contributed by atoms with E-state index in [1.165, 1.54) is 0 Å². The maximum Gasteiger partial charge on any atom is 0.200 e. The van der Waals surface area contributed by atoms with Crippen LogP contribution >= 0.6 is 0 Å². The van der Waals surface area contributed by atoms with Crippen LogP contribution in [-0.2, 0) is 0 Å². The quantitative estimate of drug-likeness (QED) is 0.0727. The molecule has 0 saturated carbocycles. The van der Waals surface area contributed by atoms with E-state index >= 15 is 0 Å². The highest BCUT2D eigenvalue weighted by atomic mass is 15.1. The van der Waals surface area contributed by atoms with Crippen LogP contribution in [0.3, 0.4) is 0 Å². The Morgan fingerprint density at radius 1 is 0.189 bits per heavy atom. The third-order valence-electron chi connectivity index (χ3n) is 23.5. The van der Waals surface area contributed by atoms with Crippen LogP contribution in [0.15, 0.2) is 406 Å². The van der Waals surface area contributed by atoms with Gasteiger partial charge in [-0.2, -0.15) is 5.26 Å². The zero-order valence-corrected chi connectivity index (χ0v) is 70.2. The lowest BCUT2D eigenvalue weighted by atomic mass is 9.97. The number of nitriles is 1. The molecule has 23 aromatic rings. The second-order valence-corrected chi connectivity index (χ2v) is 31.7. The number of benzene rings is 16. The summed E-state index contributed by atoms with van der Waals surface area (Å²) in [5.74, 6) is 7.25. The van der Waals surface area contributed by atoms with E-state index < -0.39 is 0 Å². The van der Waals surface area contributed by atoms with Crippen LogP contribution in [0.2, 0.25) is 0 Å². The number of nitrogens with zero attached hydrogens (tertiary/aromatic N) is 19. The lowest BCUT2D eigenvalue weighted by Crippen LogP contribution is -2.03. The van der Waals surface area contributed by atoms with Crippen molar-refractivity contribution in [2.75, 3.05) is 0 Å². The summed E-state index contributed by atoms with van der Waals surface area (Å²) in [5, 5.41) is 13.9. The van der Waals surface area contributed by atoms with Gasteiger partial charge in [0.25, 0.3) is 0 Å². The number of fused-ring (bicyclic) bond motifs is 6. The van der Waals surface area contributed by atoms with Crippen molar-refractivity contribution in [1.82, 2.24) is 83.9 Å². The maximum absolute atomic E-state index is 10.3. The van der Waals surface area contributed by atoms with Crippen LogP contribution in [0.25, 0.3) is 242 Å². The van der Waals surface area contributed by atoms with Crippen molar-refractivity contribution < 1.29 is 0 Å². The van der Waals surface area contributed by atoms with Gasteiger partial charge >= 0.3 is 0 Å². The highest BCUT2D eigenvalue weighted by Crippen LogP contribution is 2.45. The second-order valence-electron chi connectivity index (χ2n) is 31.7. The summed E-state index contributed by atoms with van der Waals surface area (Å²) in [7, 11) is 0. The SMILES string of the molecule is [C-]#[N+]c1cc(-n2c3ccc(-c4nc(-c5ccccc5)nc(-c5ccccc5)n4)cc3c3cc(-c4nc(-c5ccccc5)nc(-c5ccccc5)n4)ccc32)ccc1-c1nc(-c2ccccc2)nc(-c2ccc(-n3c4ccc(-c5nc(-c6ccccc6)nc(-c6ccccc6)n5)cc4c4cc(-c5nc(-c6ccccc6)nc(-c6ccccc6)n5)ccc43)cc2-c2ccc(C#N)cc2)n1. The van der Waals surface area contributed by atoms with E-state index in [2.05, 4.69) is 92.8 Å². The molecule has 0 aliphatic heterocycles. The van der Waals surface area contributed by atoms with Crippen LogP contribution in [-0.4, -0.2) is 83.9 Å². The zero-order valence-electron chi connectivity index (χ0n) is 70.2. The summed E-state index contributed by atoms with van der Waals surface area (Å²) in [6.45, 7) is 9.21. The summed E-state index contributed by atoms with van der Waals surface area (Å²) in [6.07, 6.45) is 0. The molecule has 614 valence electrons. The maximum atomic E-state index is 10.3. The summed E-state index contributed by atoms with van der Waals surface area (Å²) >= 11 is 0. The monoisotopic (exact) mass is 1690 g/mol. The molecule has 7 heterocycles. The van der Waals surface area contributed by atoms with Gasteiger partial charge in [-0.05, 0) is 126 Å². The zero-order chi connectivity index (χ0) is 88.0. The molecule has 0 fully saturated rings. The molecule has 0 aliphatic carbocycles. The summed E-state index contributed by atoms with van der Waals surface area (Å²) in [6, 6.07) is 137. The average Bonchev–Trinajstić information content (AvgIpc) is 1.58. The molecule has 0 bridgehead atoms. The number of aromatic nitrogens is 17. The fourth-order valence-corrected chi connectivity index (χ4v) is 17.0. The van der Waals surface area contributed by atoms with Crippen molar-refractivity contribution in [2.24, 2.45) is 0 Å². The summed E-state index contributed by atoms with van der Waals surface area (Å²) in [5.41, 5.74) is 19.0. The van der Waals surface area contributed by atoms with Crippen molar-refractivity contribution in [2.45, 2.75) is 0 Å². The molecule has 23 rings (SSSR count). The van der Waals surface area contributed by atoms with Gasteiger partial charge in [0.2, 0.25) is 0 Å². The average molecular weight is 1690 g/mol. The Bertz CT molecular complexity index is 7900. The van der Waals surface area contributed by atoms with E-state index in [-0.39, 0.29) is 5.82 Å². The largest absolute Gasteiger partial charge is 0.311 e. The molecule has 0 radical (unpaired) electrons. The molecule has 0 saturated heterocycles. The van der Waals surface area contributed by atoms with Gasteiger partial charge in [-0.15, -0.1) is 0 Å². The van der Waals surface area contributed by atoms with Crippen molar-refractivity contribution >= 4 is 49.3 Å². The van der Waals surface area contributed by atoms with E-state index in [1.807, 2.05) is 334 Å². The Hall–Kier alpha value is -18.9. The van der Waals surface area contributed by atoms with Gasteiger partial charge in [0.1, 0.15) is 0 Å². The Labute approximate surface area is 756 Å². The molecule has 0 spiro atoms. The van der Waals surface area contributed by atoms with E-state index in [0.29, 0.717) is 110 Å².